The molecule has 1 N–H and O–H groups in total. The first kappa shape index (κ1) is 15.8. The van der Waals surface area contributed by atoms with Gasteiger partial charge in [0.2, 0.25) is 0 Å². The number of carbonyl (C=O) groups is 2. The molecule has 0 aliphatic carbocycles. The molecule has 2 amide bonds. The molecular formula is C18H20N2O2. The third kappa shape index (κ3) is 3.95. The molecule has 0 aliphatic heterocycles. The Morgan fingerprint density at radius 3 is 2.27 bits per heavy atom. The fourth-order valence-electron chi connectivity index (χ4n) is 2.19. The topological polar surface area (TPSA) is 49.4 Å². The lowest BCUT2D eigenvalue weighted by atomic mass is 10.0. The van der Waals surface area contributed by atoms with Crippen LogP contribution in [0.1, 0.15) is 26.3 Å². The number of amides is 2. The molecule has 0 unspecified atom stereocenters. The van der Waals surface area contributed by atoms with Crippen LogP contribution in [0, 0.1) is 0 Å². The van der Waals surface area contributed by atoms with Crippen molar-refractivity contribution in [2.24, 2.45) is 0 Å². The van der Waals surface area contributed by atoms with Gasteiger partial charge in [-0.05, 0) is 30.2 Å². The Balaban J connectivity index is 1.98. The zero-order chi connectivity index (χ0) is 15.9. The maximum Gasteiger partial charge on any atom is 0.253 e. The number of benzene rings is 2. The highest BCUT2D eigenvalue weighted by atomic mass is 16.2. The summed E-state index contributed by atoms with van der Waals surface area (Å²) in [7, 11) is 3.46. The van der Waals surface area contributed by atoms with E-state index in [9.17, 15) is 9.59 Å². The molecule has 0 aromatic heterocycles. The lowest BCUT2D eigenvalue weighted by Crippen LogP contribution is -2.27. The normalized spacial score (nSPS) is 10.1. The molecule has 0 fully saturated rings. The predicted molar refractivity (Wildman–Crippen MR) is 86.9 cm³/mol. The number of hydrogen-bond donors (Lipinski definition) is 1. The Labute approximate surface area is 130 Å². The number of nitrogens with one attached hydrogen (secondary N) is 1. The zero-order valence-electron chi connectivity index (χ0n) is 12.9. The average Bonchev–Trinajstić information content (AvgIpc) is 2.55. The number of carbonyl (C=O) groups excluding carboxylic acids is 2. The molecule has 0 saturated carbocycles. The quantitative estimate of drug-likeness (QED) is 0.921. The van der Waals surface area contributed by atoms with E-state index in [4.69, 9.17) is 0 Å². The van der Waals surface area contributed by atoms with Crippen molar-refractivity contribution in [3.63, 3.8) is 0 Å². The lowest BCUT2D eigenvalue weighted by molar-refractivity contribution is 0.0826. The monoisotopic (exact) mass is 296 g/mol. The van der Waals surface area contributed by atoms with Gasteiger partial charge in [0, 0.05) is 31.8 Å². The standard InChI is InChI=1S/C18H20N2O2/c1-20(2)18(22)16-11-7-6-8-14(16)12-13-19-17(21)15-9-4-3-5-10-15/h3-11H,12-13H2,1-2H3,(H,19,21). The van der Waals surface area contributed by atoms with E-state index >= 15 is 0 Å². The van der Waals surface area contributed by atoms with Crippen molar-refractivity contribution in [2.45, 2.75) is 6.42 Å². The van der Waals surface area contributed by atoms with E-state index in [1.54, 1.807) is 31.1 Å². The van der Waals surface area contributed by atoms with E-state index < -0.39 is 0 Å². The summed E-state index contributed by atoms with van der Waals surface area (Å²) in [6.07, 6.45) is 0.619. The van der Waals surface area contributed by atoms with E-state index in [0.29, 0.717) is 24.1 Å². The second-order valence-corrected chi connectivity index (χ2v) is 5.23. The van der Waals surface area contributed by atoms with Gasteiger partial charge in [-0.2, -0.15) is 0 Å². The molecule has 2 aromatic rings. The maximum atomic E-state index is 12.1. The summed E-state index contributed by atoms with van der Waals surface area (Å²) in [5.74, 6) is -0.123. The molecule has 0 spiro atoms. The maximum absolute atomic E-state index is 12.1. The van der Waals surface area contributed by atoms with Crippen molar-refractivity contribution >= 4 is 11.8 Å². The Morgan fingerprint density at radius 1 is 0.955 bits per heavy atom. The van der Waals surface area contributed by atoms with Gasteiger partial charge in [0.25, 0.3) is 11.8 Å². The molecule has 2 rings (SSSR count). The van der Waals surface area contributed by atoms with Crippen molar-refractivity contribution in [1.29, 1.82) is 0 Å². The molecule has 114 valence electrons. The van der Waals surface area contributed by atoms with Gasteiger partial charge < -0.3 is 10.2 Å². The van der Waals surface area contributed by atoms with Crippen molar-refractivity contribution in [3.8, 4) is 0 Å². The van der Waals surface area contributed by atoms with Gasteiger partial charge in [0.15, 0.2) is 0 Å². The second-order valence-electron chi connectivity index (χ2n) is 5.23. The molecular weight excluding hydrogens is 276 g/mol. The van der Waals surface area contributed by atoms with Gasteiger partial charge in [0.1, 0.15) is 0 Å². The van der Waals surface area contributed by atoms with Crippen molar-refractivity contribution in [1.82, 2.24) is 10.2 Å². The highest BCUT2D eigenvalue weighted by Crippen LogP contribution is 2.11. The average molecular weight is 296 g/mol. The van der Waals surface area contributed by atoms with Crippen LogP contribution in [0.15, 0.2) is 54.6 Å². The van der Waals surface area contributed by atoms with Crippen molar-refractivity contribution in [3.05, 3.63) is 71.3 Å². The van der Waals surface area contributed by atoms with Gasteiger partial charge in [-0.15, -0.1) is 0 Å². The summed E-state index contributed by atoms with van der Waals surface area (Å²) >= 11 is 0. The Bertz CT molecular complexity index is 651. The third-order valence-corrected chi connectivity index (χ3v) is 3.37. The van der Waals surface area contributed by atoms with E-state index in [-0.39, 0.29) is 11.8 Å². The molecule has 0 saturated heterocycles. The largest absolute Gasteiger partial charge is 0.352 e. The minimum Gasteiger partial charge on any atom is -0.352 e. The summed E-state index contributed by atoms with van der Waals surface area (Å²) in [5, 5.41) is 2.88. The predicted octanol–water partition coefficient (Wildman–Crippen LogP) is 2.36. The molecule has 2 aromatic carbocycles. The molecule has 0 bridgehead atoms. The summed E-state index contributed by atoms with van der Waals surface area (Å²) < 4.78 is 0. The summed E-state index contributed by atoms with van der Waals surface area (Å²) in [5.41, 5.74) is 2.26. The van der Waals surface area contributed by atoms with Crippen LogP contribution < -0.4 is 5.32 Å². The van der Waals surface area contributed by atoms with Gasteiger partial charge >= 0.3 is 0 Å². The van der Waals surface area contributed by atoms with E-state index in [1.807, 2.05) is 42.5 Å². The molecule has 4 heteroatoms. The van der Waals surface area contributed by atoms with Crippen LogP contribution in [0.25, 0.3) is 0 Å². The van der Waals surface area contributed by atoms with Crippen molar-refractivity contribution in [2.75, 3.05) is 20.6 Å². The van der Waals surface area contributed by atoms with Crippen LogP contribution in [0.4, 0.5) is 0 Å². The summed E-state index contributed by atoms with van der Waals surface area (Å²) in [6.45, 7) is 0.492. The van der Waals surface area contributed by atoms with E-state index in [2.05, 4.69) is 5.32 Å². The summed E-state index contributed by atoms with van der Waals surface area (Å²) in [4.78, 5) is 25.7. The van der Waals surface area contributed by atoms with Crippen LogP contribution in [0.3, 0.4) is 0 Å². The van der Waals surface area contributed by atoms with Crippen LogP contribution in [0.5, 0.6) is 0 Å². The summed E-state index contributed by atoms with van der Waals surface area (Å²) in [6, 6.07) is 16.6. The highest BCUT2D eigenvalue weighted by molar-refractivity contribution is 5.95. The highest BCUT2D eigenvalue weighted by Gasteiger charge is 2.12. The first-order chi connectivity index (χ1) is 10.6. The van der Waals surface area contributed by atoms with Gasteiger partial charge in [-0.3, -0.25) is 9.59 Å². The minimum atomic E-state index is -0.1000. The molecule has 0 atom stereocenters. The number of rotatable bonds is 5. The fraction of sp³-hybridized carbons (Fsp3) is 0.222. The van der Waals surface area contributed by atoms with Crippen LogP contribution in [-0.2, 0) is 6.42 Å². The SMILES string of the molecule is CN(C)C(=O)c1ccccc1CCNC(=O)c1ccccc1. The van der Waals surface area contributed by atoms with Gasteiger partial charge in [-0.1, -0.05) is 36.4 Å². The molecule has 4 nitrogen and oxygen atoms in total. The Hall–Kier alpha value is -2.62. The van der Waals surface area contributed by atoms with Gasteiger partial charge in [0.05, 0.1) is 0 Å². The third-order valence-electron chi connectivity index (χ3n) is 3.37. The van der Waals surface area contributed by atoms with E-state index in [1.165, 1.54) is 0 Å². The smallest absolute Gasteiger partial charge is 0.253 e. The van der Waals surface area contributed by atoms with Crippen molar-refractivity contribution < 1.29 is 9.59 Å². The minimum absolute atomic E-state index is 0.0232. The zero-order valence-corrected chi connectivity index (χ0v) is 12.9. The lowest BCUT2D eigenvalue weighted by Gasteiger charge is -2.14. The molecule has 0 heterocycles. The first-order valence-electron chi connectivity index (χ1n) is 7.22. The van der Waals surface area contributed by atoms with Crippen LogP contribution >= 0.6 is 0 Å². The Kier molecular flexibility index (Phi) is 5.31. The van der Waals surface area contributed by atoms with Crippen LogP contribution in [0.2, 0.25) is 0 Å². The number of nitrogens with zero attached hydrogens (tertiary/aromatic N) is 1. The van der Waals surface area contributed by atoms with Gasteiger partial charge in [-0.25, -0.2) is 0 Å². The molecule has 22 heavy (non-hydrogen) atoms. The first-order valence-corrected chi connectivity index (χ1v) is 7.22. The van der Waals surface area contributed by atoms with Crippen LogP contribution in [-0.4, -0.2) is 37.4 Å². The number of hydrogen-bond acceptors (Lipinski definition) is 2. The fourth-order valence-corrected chi connectivity index (χ4v) is 2.19. The molecule has 0 aliphatic rings. The van der Waals surface area contributed by atoms with E-state index in [0.717, 1.165) is 5.56 Å². The Morgan fingerprint density at radius 2 is 1.59 bits per heavy atom. The second kappa shape index (κ2) is 7.41. The molecule has 0 radical (unpaired) electrons.